The van der Waals surface area contributed by atoms with Gasteiger partial charge in [0, 0.05) is 18.0 Å². The number of nitrogens with one attached hydrogen (secondary N) is 1. The Morgan fingerprint density at radius 1 is 0.920 bits per heavy atom. The third-order valence-electron chi connectivity index (χ3n) is 3.83. The van der Waals surface area contributed by atoms with Gasteiger partial charge in [0.15, 0.2) is 0 Å². The highest BCUT2D eigenvalue weighted by Gasteiger charge is 2.39. The van der Waals surface area contributed by atoms with Crippen LogP contribution in [0.15, 0.2) is 60.9 Å². The summed E-state index contributed by atoms with van der Waals surface area (Å²) in [5.41, 5.74) is 1.11. The predicted molar refractivity (Wildman–Crippen MR) is 86.4 cm³/mol. The molecule has 0 aliphatic carbocycles. The Morgan fingerprint density at radius 3 is 2.12 bits per heavy atom. The zero-order chi connectivity index (χ0) is 17.4. The van der Waals surface area contributed by atoms with Gasteiger partial charge in [-0.15, -0.1) is 0 Å². The fourth-order valence-electron chi connectivity index (χ4n) is 2.66. The van der Waals surface area contributed by atoms with Crippen LogP contribution in [0.2, 0.25) is 0 Å². The zero-order valence-corrected chi connectivity index (χ0v) is 12.8. The molecule has 7 nitrogen and oxygen atoms in total. The maximum absolute atomic E-state index is 12.5. The number of imidazole rings is 1. The molecule has 0 bridgehead atoms. The topological polar surface area (TPSA) is 92.4 Å². The molecule has 4 rings (SSSR count). The number of imide groups is 1. The lowest BCUT2D eigenvalue weighted by Crippen LogP contribution is -2.32. The molecule has 0 spiro atoms. The molecule has 0 saturated carbocycles. The van der Waals surface area contributed by atoms with Crippen LogP contribution in [0.4, 0.5) is 0 Å². The van der Waals surface area contributed by atoms with Crippen molar-refractivity contribution in [2.75, 3.05) is 0 Å². The van der Waals surface area contributed by atoms with Crippen LogP contribution in [0.5, 0.6) is 0 Å². The van der Waals surface area contributed by atoms with Crippen molar-refractivity contribution in [1.82, 2.24) is 15.0 Å². The molecule has 122 valence electrons. The number of aromatic nitrogens is 2. The summed E-state index contributed by atoms with van der Waals surface area (Å²) in [4.78, 5) is 49.3. The van der Waals surface area contributed by atoms with Crippen LogP contribution in [0.3, 0.4) is 0 Å². The number of carbonyl (C=O) groups excluding carboxylic acids is 3. The van der Waals surface area contributed by atoms with Gasteiger partial charge in [-0.25, -0.2) is 9.78 Å². The molecular weight excluding hydrogens is 322 g/mol. The van der Waals surface area contributed by atoms with Gasteiger partial charge in [0.1, 0.15) is 5.82 Å². The fraction of sp³-hybridized carbons (Fsp3) is 0. The van der Waals surface area contributed by atoms with Crippen LogP contribution in [0.1, 0.15) is 31.1 Å². The van der Waals surface area contributed by atoms with E-state index in [1.165, 1.54) is 12.1 Å². The van der Waals surface area contributed by atoms with E-state index in [1.54, 1.807) is 48.8 Å². The van der Waals surface area contributed by atoms with Gasteiger partial charge in [-0.1, -0.05) is 35.4 Å². The molecule has 7 heteroatoms. The molecular formula is C18H11N3O4. The van der Waals surface area contributed by atoms with Crippen molar-refractivity contribution in [2.45, 2.75) is 0 Å². The first-order valence-electron chi connectivity index (χ1n) is 7.45. The quantitative estimate of drug-likeness (QED) is 0.743. The Balaban J connectivity index is 1.65. The average molecular weight is 333 g/mol. The molecule has 0 unspecified atom stereocenters. The summed E-state index contributed by atoms with van der Waals surface area (Å²) >= 11 is 0. The van der Waals surface area contributed by atoms with Crippen molar-refractivity contribution in [1.29, 1.82) is 0 Å². The minimum absolute atomic E-state index is 0.189. The fourth-order valence-corrected chi connectivity index (χ4v) is 2.66. The van der Waals surface area contributed by atoms with Crippen LogP contribution in [-0.4, -0.2) is 32.8 Å². The molecule has 2 heterocycles. The summed E-state index contributed by atoms with van der Waals surface area (Å²) in [7, 11) is 0. The van der Waals surface area contributed by atoms with E-state index in [4.69, 9.17) is 4.84 Å². The largest absolute Gasteiger partial charge is 0.364 e. The van der Waals surface area contributed by atoms with E-state index in [1.807, 2.05) is 0 Å². The molecule has 2 amide bonds. The van der Waals surface area contributed by atoms with Crippen LogP contribution >= 0.6 is 0 Å². The number of rotatable bonds is 3. The smallest absolute Gasteiger partial charge is 0.345 e. The Bertz CT molecular complexity index is 960. The highest BCUT2D eigenvalue weighted by molar-refractivity contribution is 6.21. The maximum atomic E-state index is 12.5. The molecule has 1 N–H and O–H groups in total. The van der Waals surface area contributed by atoms with Gasteiger partial charge >= 0.3 is 5.97 Å². The lowest BCUT2D eigenvalue weighted by Gasteiger charge is -2.14. The second-order valence-corrected chi connectivity index (χ2v) is 5.31. The summed E-state index contributed by atoms with van der Waals surface area (Å²) in [6, 6.07) is 12.9. The number of hydrogen-bond acceptors (Lipinski definition) is 5. The molecule has 25 heavy (non-hydrogen) atoms. The van der Waals surface area contributed by atoms with Crippen molar-refractivity contribution in [2.24, 2.45) is 0 Å². The van der Waals surface area contributed by atoms with Crippen LogP contribution < -0.4 is 0 Å². The van der Waals surface area contributed by atoms with E-state index in [0.29, 0.717) is 16.5 Å². The Morgan fingerprint density at radius 2 is 1.52 bits per heavy atom. The number of H-pyrrole nitrogens is 1. The normalized spacial score (nSPS) is 13.0. The standard InChI is InChI=1S/C18H11N3O4/c22-16-12-6-2-3-7-13(12)17(23)21(16)25-18(24)14-8-4-1-5-11(14)15-19-9-10-20-15/h1-10H,(H,19,20). The van der Waals surface area contributed by atoms with Gasteiger partial charge in [0.05, 0.1) is 16.7 Å². The highest BCUT2D eigenvalue weighted by Crippen LogP contribution is 2.25. The predicted octanol–water partition coefficient (Wildman–Crippen LogP) is 2.44. The maximum Gasteiger partial charge on any atom is 0.364 e. The molecule has 2 aromatic carbocycles. The third-order valence-corrected chi connectivity index (χ3v) is 3.83. The number of amides is 2. The van der Waals surface area contributed by atoms with Crippen LogP contribution in [-0.2, 0) is 4.84 Å². The zero-order valence-electron chi connectivity index (χ0n) is 12.8. The second-order valence-electron chi connectivity index (χ2n) is 5.31. The monoisotopic (exact) mass is 333 g/mol. The molecule has 3 aromatic rings. The van der Waals surface area contributed by atoms with Crippen molar-refractivity contribution >= 4 is 17.8 Å². The number of hydroxylamine groups is 2. The van der Waals surface area contributed by atoms with E-state index in [9.17, 15) is 14.4 Å². The van der Waals surface area contributed by atoms with E-state index in [0.717, 1.165) is 0 Å². The minimum atomic E-state index is -0.818. The van der Waals surface area contributed by atoms with Crippen molar-refractivity contribution < 1.29 is 19.2 Å². The van der Waals surface area contributed by atoms with E-state index in [2.05, 4.69) is 9.97 Å². The molecule has 1 aliphatic heterocycles. The number of nitrogens with zero attached hydrogens (tertiary/aromatic N) is 2. The van der Waals surface area contributed by atoms with Gasteiger partial charge in [-0.2, -0.15) is 0 Å². The number of carbonyl (C=O) groups is 3. The van der Waals surface area contributed by atoms with E-state index in [-0.39, 0.29) is 16.7 Å². The van der Waals surface area contributed by atoms with E-state index < -0.39 is 17.8 Å². The Kier molecular flexibility index (Phi) is 3.39. The van der Waals surface area contributed by atoms with Gasteiger partial charge in [-0.3, -0.25) is 9.59 Å². The van der Waals surface area contributed by atoms with Crippen LogP contribution in [0.25, 0.3) is 11.4 Å². The number of fused-ring (bicyclic) bond motifs is 1. The molecule has 0 saturated heterocycles. The summed E-state index contributed by atoms with van der Waals surface area (Å²) < 4.78 is 0. The highest BCUT2D eigenvalue weighted by atomic mass is 16.7. The number of benzene rings is 2. The molecule has 1 aromatic heterocycles. The Labute approximate surface area is 141 Å². The van der Waals surface area contributed by atoms with Crippen molar-refractivity contribution in [3.05, 3.63) is 77.6 Å². The molecule has 0 radical (unpaired) electrons. The van der Waals surface area contributed by atoms with E-state index >= 15 is 0 Å². The first-order valence-corrected chi connectivity index (χ1v) is 7.45. The third kappa shape index (κ3) is 2.38. The second kappa shape index (κ2) is 5.72. The van der Waals surface area contributed by atoms with Crippen LogP contribution in [0, 0.1) is 0 Å². The first-order chi connectivity index (χ1) is 12.2. The Hall–Kier alpha value is -3.74. The van der Waals surface area contributed by atoms with Gasteiger partial charge < -0.3 is 9.82 Å². The lowest BCUT2D eigenvalue weighted by atomic mass is 10.1. The van der Waals surface area contributed by atoms with Gasteiger partial charge in [-0.05, 0) is 18.2 Å². The minimum Gasteiger partial charge on any atom is -0.345 e. The summed E-state index contributed by atoms with van der Waals surface area (Å²) in [5, 5.41) is 0.492. The number of hydrogen-bond donors (Lipinski definition) is 1. The van der Waals surface area contributed by atoms with Crippen molar-refractivity contribution in [3.63, 3.8) is 0 Å². The van der Waals surface area contributed by atoms with Gasteiger partial charge in [0.25, 0.3) is 11.8 Å². The van der Waals surface area contributed by atoms with Crippen molar-refractivity contribution in [3.8, 4) is 11.4 Å². The number of aromatic amines is 1. The summed E-state index contributed by atoms with van der Waals surface area (Å²) in [5.74, 6) is -1.66. The lowest BCUT2D eigenvalue weighted by molar-refractivity contribution is -0.0584. The molecule has 0 atom stereocenters. The molecule has 0 fully saturated rings. The molecule has 1 aliphatic rings. The average Bonchev–Trinajstić information content (AvgIpc) is 3.26. The first kappa shape index (κ1) is 14.8. The summed E-state index contributed by atoms with van der Waals surface area (Å²) in [6.45, 7) is 0. The van der Waals surface area contributed by atoms with Gasteiger partial charge in [0.2, 0.25) is 0 Å². The summed E-state index contributed by atoms with van der Waals surface area (Å²) in [6.07, 6.45) is 3.18. The SMILES string of the molecule is O=C(ON1C(=O)c2ccccc2C1=O)c1ccccc1-c1ncc[nH]1.